The van der Waals surface area contributed by atoms with Gasteiger partial charge < -0.3 is 51.4 Å². The zero-order valence-electron chi connectivity index (χ0n) is 36.2. The molecule has 0 fully saturated rings. The van der Waals surface area contributed by atoms with Crippen molar-refractivity contribution in [3.63, 3.8) is 0 Å². The molecule has 1 heterocycles. The van der Waals surface area contributed by atoms with Crippen LogP contribution in [0.2, 0.25) is 0 Å². The normalized spacial score (nSPS) is 13.5. The van der Waals surface area contributed by atoms with Crippen LogP contribution in [0.3, 0.4) is 0 Å². The van der Waals surface area contributed by atoms with Crippen molar-refractivity contribution in [2.24, 2.45) is 11.3 Å². The van der Waals surface area contributed by atoms with Crippen LogP contribution in [0.15, 0.2) is 0 Å². The van der Waals surface area contributed by atoms with E-state index in [9.17, 15) is 62.1 Å². The van der Waals surface area contributed by atoms with Gasteiger partial charge in [-0.25, -0.2) is 22.8 Å². The lowest BCUT2D eigenvalue weighted by atomic mass is 9.79. The Balaban J connectivity index is 2.33. The fourth-order valence-corrected chi connectivity index (χ4v) is 7.31. The van der Waals surface area contributed by atoms with Gasteiger partial charge in [0.15, 0.2) is 5.82 Å². The number of rotatable bonds is 36. The van der Waals surface area contributed by atoms with E-state index in [-0.39, 0.29) is 76.4 Å². The maximum Gasteiger partial charge on any atom is 0.326 e. The number of tetrazole rings is 1. The van der Waals surface area contributed by atoms with Gasteiger partial charge in [0.05, 0.1) is 25.6 Å². The van der Waals surface area contributed by atoms with Gasteiger partial charge in [-0.3, -0.25) is 28.7 Å². The Morgan fingerprint density at radius 1 is 0.714 bits per heavy atom. The zero-order valence-corrected chi connectivity index (χ0v) is 37.1. The van der Waals surface area contributed by atoms with Crippen molar-refractivity contribution < 1.29 is 71.6 Å². The largest absolute Gasteiger partial charge is 0.480 e. The van der Waals surface area contributed by atoms with E-state index in [4.69, 9.17) is 9.47 Å². The van der Waals surface area contributed by atoms with Crippen LogP contribution in [0.25, 0.3) is 0 Å². The Bertz CT molecular complexity index is 1730. The molecular formula is C37H64N10O15S. The van der Waals surface area contributed by atoms with Crippen molar-refractivity contribution >= 4 is 57.5 Å². The first kappa shape index (κ1) is 55.7. The Kier molecular flexibility index (Phi) is 26.4. The first-order chi connectivity index (χ1) is 29.6. The van der Waals surface area contributed by atoms with Gasteiger partial charge in [-0.15, -0.1) is 10.2 Å². The number of carbonyl (C=O) groups excluding carboxylic acids is 5. The second kappa shape index (κ2) is 29.9. The monoisotopic (exact) mass is 920 g/mol. The van der Waals surface area contributed by atoms with E-state index >= 15 is 0 Å². The van der Waals surface area contributed by atoms with Crippen molar-refractivity contribution in [2.75, 3.05) is 52.3 Å². The van der Waals surface area contributed by atoms with Crippen molar-refractivity contribution in [1.82, 2.24) is 51.9 Å². The van der Waals surface area contributed by atoms with Crippen LogP contribution < -0.4 is 31.3 Å². The second-order valence-electron chi connectivity index (χ2n) is 15.7. The summed E-state index contributed by atoms with van der Waals surface area (Å²) in [5.74, 6) is -7.88. The van der Waals surface area contributed by atoms with Gasteiger partial charge in [0, 0.05) is 38.6 Å². The maximum absolute atomic E-state index is 12.5. The Hall–Kier alpha value is -5.34. The fourth-order valence-electron chi connectivity index (χ4n) is 6.26. The Morgan fingerprint density at radius 2 is 1.29 bits per heavy atom. The molecule has 26 heteroatoms. The van der Waals surface area contributed by atoms with E-state index < -0.39 is 101 Å². The number of nitrogens with zero attached hydrogens (tertiary/aromatic N) is 3. The number of hydrogen-bond donors (Lipinski definition) is 10. The van der Waals surface area contributed by atoms with E-state index in [1.807, 2.05) is 18.6 Å². The quantitative estimate of drug-likeness (QED) is 0.0333. The molecule has 0 aromatic carbocycles. The standard InChI is InChI=1S/C37H64N10O15S/c1-24(21-37(2,3)22-28-43-46-47-44-28)20-32(51)45-63(59,60)19-7-9-30(49)40-27(36(57)58)11-13-31(50)41-26(35(55)56)10-12-29(48)39-15-16-61-17-18-62-23-33(52)42-25(34(53)54)8-5-6-14-38-4/h24-27,38H,5-23H2,1-4H3,(H,39,48)(H,40,49)(H,41,50)(H,42,52)(H,45,51)(H,53,54)(H,55,56)(H,57,58)(H,43,44,46,47). The molecule has 4 atom stereocenters. The summed E-state index contributed by atoms with van der Waals surface area (Å²) < 4.78 is 37.4. The van der Waals surface area contributed by atoms with E-state index in [0.717, 1.165) is 13.0 Å². The summed E-state index contributed by atoms with van der Waals surface area (Å²) in [6.07, 6.45) is 0.436. The van der Waals surface area contributed by atoms with Crippen molar-refractivity contribution in [3.05, 3.63) is 5.82 Å². The average Bonchev–Trinajstić information content (AvgIpc) is 3.68. The second-order valence-corrected chi connectivity index (χ2v) is 17.5. The first-order valence-electron chi connectivity index (χ1n) is 20.5. The average molecular weight is 921 g/mol. The summed E-state index contributed by atoms with van der Waals surface area (Å²) in [4.78, 5) is 96.5. The highest BCUT2D eigenvalue weighted by Crippen LogP contribution is 2.30. The molecule has 0 aliphatic carbocycles. The first-order valence-corrected chi connectivity index (χ1v) is 22.2. The summed E-state index contributed by atoms with van der Waals surface area (Å²) >= 11 is 0. The summed E-state index contributed by atoms with van der Waals surface area (Å²) in [6.45, 7) is 6.26. The van der Waals surface area contributed by atoms with E-state index in [2.05, 4.69) is 47.2 Å². The Labute approximate surface area is 365 Å². The third-order valence-corrected chi connectivity index (χ3v) is 10.5. The molecule has 0 saturated heterocycles. The summed E-state index contributed by atoms with van der Waals surface area (Å²) in [5.41, 5.74) is -0.302. The van der Waals surface area contributed by atoms with Crippen LogP contribution in [0, 0.1) is 11.3 Å². The summed E-state index contributed by atoms with van der Waals surface area (Å²) in [5, 5.41) is 54.4. The lowest BCUT2D eigenvalue weighted by Gasteiger charge is -2.26. The Morgan fingerprint density at radius 3 is 1.87 bits per heavy atom. The maximum atomic E-state index is 12.5. The van der Waals surface area contributed by atoms with Crippen LogP contribution in [-0.2, 0) is 64.3 Å². The number of nitrogens with one attached hydrogen (secondary N) is 7. The molecule has 0 saturated carbocycles. The zero-order chi connectivity index (χ0) is 47.4. The number of aromatic amines is 1. The lowest BCUT2D eigenvalue weighted by molar-refractivity contribution is -0.143. The van der Waals surface area contributed by atoms with Crippen LogP contribution >= 0.6 is 0 Å². The highest BCUT2D eigenvalue weighted by molar-refractivity contribution is 7.90. The molecule has 0 bridgehead atoms. The van der Waals surface area contributed by atoms with Gasteiger partial charge in [-0.1, -0.05) is 26.0 Å². The van der Waals surface area contributed by atoms with Crippen molar-refractivity contribution in [1.29, 1.82) is 0 Å². The predicted octanol–water partition coefficient (Wildman–Crippen LogP) is -1.78. The third kappa shape index (κ3) is 27.4. The van der Waals surface area contributed by atoms with Crippen LogP contribution in [-0.4, -0.2) is 162 Å². The number of ether oxygens (including phenoxy) is 2. The number of unbranched alkanes of at least 4 members (excludes halogenated alkanes) is 1. The lowest BCUT2D eigenvalue weighted by Crippen LogP contribution is -2.44. The van der Waals surface area contributed by atoms with Gasteiger partial charge in [0.25, 0.3) is 0 Å². The number of hydrogen-bond acceptors (Lipinski definition) is 16. The molecule has 358 valence electrons. The summed E-state index contributed by atoms with van der Waals surface area (Å²) in [7, 11) is -2.32. The molecule has 4 unspecified atom stereocenters. The molecule has 1 aromatic rings. The van der Waals surface area contributed by atoms with Crippen LogP contribution in [0.4, 0.5) is 0 Å². The number of aromatic nitrogens is 4. The SMILES string of the molecule is CNCCCCC(NC(=O)COCCOCCNC(=O)CCC(NC(=O)CCC(NC(=O)CCCS(=O)(=O)NC(=O)CC(C)CC(C)(C)Cc1nn[nH]n1)C(=O)O)C(=O)O)C(=O)O. The van der Waals surface area contributed by atoms with Crippen LogP contribution in [0.1, 0.15) is 97.2 Å². The molecule has 1 rings (SSSR count). The molecule has 5 amide bonds. The van der Waals surface area contributed by atoms with E-state index in [1.54, 1.807) is 14.0 Å². The summed E-state index contributed by atoms with van der Waals surface area (Å²) in [6, 6.07) is -4.08. The number of H-pyrrole nitrogens is 1. The number of amides is 5. The topological polar surface area (TPSA) is 376 Å². The van der Waals surface area contributed by atoms with Crippen molar-refractivity contribution in [3.8, 4) is 0 Å². The smallest absolute Gasteiger partial charge is 0.326 e. The molecule has 0 aliphatic rings. The molecular weight excluding hydrogens is 857 g/mol. The number of sulfonamides is 1. The van der Waals surface area contributed by atoms with Gasteiger partial charge >= 0.3 is 17.9 Å². The molecule has 25 nitrogen and oxygen atoms in total. The minimum Gasteiger partial charge on any atom is -0.480 e. The number of carboxylic acids is 3. The number of carboxylic acid groups (broad SMARTS) is 3. The minimum atomic E-state index is -4.11. The predicted molar refractivity (Wildman–Crippen MR) is 221 cm³/mol. The van der Waals surface area contributed by atoms with Gasteiger partial charge in [0.2, 0.25) is 39.6 Å². The highest BCUT2D eigenvalue weighted by atomic mass is 32.2. The fraction of sp³-hybridized carbons (Fsp3) is 0.757. The molecule has 0 radical (unpaired) electrons. The van der Waals surface area contributed by atoms with Crippen LogP contribution in [0.5, 0.6) is 0 Å². The molecule has 10 N–H and O–H groups in total. The minimum absolute atomic E-state index is 0.0155. The van der Waals surface area contributed by atoms with Gasteiger partial charge in [0.1, 0.15) is 24.7 Å². The van der Waals surface area contributed by atoms with Gasteiger partial charge in [-0.2, -0.15) is 5.21 Å². The van der Waals surface area contributed by atoms with Crippen molar-refractivity contribution in [2.45, 2.75) is 116 Å². The highest BCUT2D eigenvalue weighted by Gasteiger charge is 2.27. The number of carbonyl (C=O) groups is 8. The number of aliphatic carboxylic acids is 3. The van der Waals surface area contributed by atoms with E-state index in [0.29, 0.717) is 25.1 Å². The molecule has 0 aliphatic heterocycles. The third-order valence-electron chi connectivity index (χ3n) is 9.11. The molecule has 63 heavy (non-hydrogen) atoms. The van der Waals surface area contributed by atoms with Gasteiger partial charge in [-0.05, 0) is 69.9 Å². The van der Waals surface area contributed by atoms with E-state index in [1.165, 1.54) is 0 Å². The molecule has 1 aromatic heterocycles. The molecule has 0 spiro atoms.